The van der Waals surface area contributed by atoms with E-state index in [1.807, 2.05) is 0 Å². The molecule has 2 unspecified atom stereocenters. The SMILES string of the molecule is NC(=O)OC1(C(O)C(N)=O)CCOC1. The van der Waals surface area contributed by atoms with Gasteiger partial charge in [-0.1, -0.05) is 0 Å². The molecule has 7 nitrogen and oxygen atoms in total. The number of nitrogens with two attached hydrogens (primary N) is 2. The number of hydrogen-bond donors (Lipinski definition) is 3. The van der Waals surface area contributed by atoms with Gasteiger partial charge in [0.15, 0.2) is 11.7 Å². The van der Waals surface area contributed by atoms with Crippen LogP contribution in [-0.4, -0.2) is 42.0 Å². The lowest BCUT2D eigenvalue weighted by molar-refractivity contribution is -0.142. The minimum Gasteiger partial charge on any atom is -0.437 e. The van der Waals surface area contributed by atoms with Crippen molar-refractivity contribution in [3.8, 4) is 0 Å². The van der Waals surface area contributed by atoms with Crippen molar-refractivity contribution in [2.75, 3.05) is 13.2 Å². The molecule has 1 aliphatic rings. The second-order valence-corrected chi connectivity index (χ2v) is 3.09. The maximum Gasteiger partial charge on any atom is 0.405 e. The van der Waals surface area contributed by atoms with E-state index in [-0.39, 0.29) is 19.6 Å². The minimum absolute atomic E-state index is 0.0833. The summed E-state index contributed by atoms with van der Waals surface area (Å²) in [5.74, 6) is -0.975. The molecule has 5 N–H and O–H groups in total. The van der Waals surface area contributed by atoms with Crippen molar-refractivity contribution < 1.29 is 24.2 Å². The highest BCUT2D eigenvalue weighted by atomic mass is 16.6. The highest BCUT2D eigenvalue weighted by Crippen LogP contribution is 2.27. The molecule has 1 saturated heterocycles. The van der Waals surface area contributed by atoms with Gasteiger partial charge in [-0.15, -0.1) is 0 Å². The van der Waals surface area contributed by atoms with Gasteiger partial charge in [0, 0.05) is 6.42 Å². The molecule has 0 aromatic heterocycles. The third-order valence-electron chi connectivity index (χ3n) is 2.09. The zero-order chi connectivity index (χ0) is 10.8. The average Bonchev–Trinajstić information content (AvgIpc) is 2.51. The number of aliphatic hydroxyl groups excluding tert-OH is 1. The first-order valence-electron chi connectivity index (χ1n) is 4.01. The predicted molar refractivity (Wildman–Crippen MR) is 44.0 cm³/mol. The number of hydrogen-bond acceptors (Lipinski definition) is 5. The molecule has 0 bridgehead atoms. The Hall–Kier alpha value is -1.34. The molecule has 1 heterocycles. The number of rotatable bonds is 3. The second kappa shape index (κ2) is 3.81. The first kappa shape index (κ1) is 10.7. The Bertz CT molecular complexity index is 248. The number of carbonyl (C=O) groups is 2. The molecular formula is C7H12N2O5. The zero-order valence-electron chi connectivity index (χ0n) is 7.43. The van der Waals surface area contributed by atoms with Crippen molar-refractivity contribution in [2.45, 2.75) is 18.1 Å². The van der Waals surface area contributed by atoms with E-state index in [0.29, 0.717) is 0 Å². The lowest BCUT2D eigenvalue weighted by Crippen LogP contribution is -2.54. The van der Waals surface area contributed by atoms with Crippen molar-refractivity contribution in [2.24, 2.45) is 11.5 Å². The Kier molecular flexibility index (Phi) is 2.92. The fraction of sp³-hybridized carbons (Fsp3) is 0.714. The Morgan fingerprint density at radius 1 is 1.50 bits per heavy atom. The van der Waals surface area contributed by atoms with Crippen LogP contribution >= 0.6 is 0 Å². The van der Waals surface area contributed by atoms with Crippen LogP contribution in [-0.2, 0) is 14.3 Å². The van der Waals surface area contributed by atoms with E-state index >= 15 is 0 Å². The molecular weight excluding hydrogens is 192 g/mol. The van der Waals surface area contributed by atoms with Crippen LogP contribution in [0, 0.1) is 0 Å². The molecule has 1 aliphatic heterocycles. The van der Waals surface area contributed by atoms with Crippen LogP contribution in [0.15, 0.2) is 0 Å². The topological polar surface area (TPSA) is 125 Å². The van der Waals surface area contributed by atoms with Crippen LogP contribution in [0.1, 0.15) is 6.42 Å². The average molecular weight is 204 g/mol. The van der Waals surface area contributed by atoms with Crippen LogP contribution in [0.3, 0.4) is 0 Å². The Morgan fingerprint density at radius 3 is 2.50 bits per heavy atom. The van der Waals surface area contributed by atoms with Crippen LogP contribution in [0.5, 0.6) is 0 Å². The Balaban J connectivity index is 2.80. The molecule has 1 rings (SSSR count). The van der Waals surface area contributed by atoms with Gasteiger partial charge in [0.1, 0.15) is 0 Å². The molecule has 0 radical (unpaired) electrons. The van der Waals surface area contributed by atoms with E-state index in [1.54, 1.807) is 0 Å². The molecule has 2 amide bonds. The lowest BCUT2D eigenvalue weighted by atomic mass is 9.95. The fourth-order valence-electron chi connectivity index (χ4n) is 1.37. The van der Waals surface area contributed by atoms with E-state index in [1.165, 1.54) is 0 Å². The van der Waals surface area contributed by atoms with Crippen molar-refractivity contribution in [3.05, 3.63) is 0 Å². The molecule has 0 aromatic carbocycles. The monoisotopic (exact) mass is 204 g/mol. The third kappa shape index (κ3) is 1.94. The molecule has 7 heteroatoms. The van der Waals surface area contributed by atoms with E-state index in [2.05, 4.69) is 4.74 Å². The summed E-state index contributed by atoms with van der Waals surface area (Å²) in [6.45, 7) is 0.192. The zero-order valence-corrected chi connectivity index (χ0v) is 7.43. The van der Waals surface area contributed by atoms with Crippen LogP contribution < -0.4 is 11.5 Å². The molecule has 0 spiro atoms. The number of carbonyl (C=O) groups excluding carboxylic acids is 2. The summed E-state index contributed by atoms with van der Waals surface area (Å²) in [6, 6.07) is 0. The van der Waals surface area contributed by atoms with E-state index in [0.717, 1.165) is 0 Å². The van der Waals surface area contributed by atoms with Gasteiger partial charge in [-0.2, -0.15) is 0 Å². The van der Waals surface area contributed by atoms with Crippen LogP contribution in [0.25, 0.3) is 0 Å². The van der Waals surface area contributed by atoms with Crippen LogP contribution in [0.2, 0.25) is 0 Å². The predicted octanol–water partition coefficient (Wildman–Crippen LogP) is -1.91. The fourth-order valence-corrected chi connectivity index (χ4v) is 1.37. The van der Waals surface area contributed by atoms with Gasteiger partial charge in [-0.05, 0) is 0 Å². The smallest absolute Gasteiger partial charge is 0.405 e. The highest BCUT2D eigenvalue weighted by Gasteiger charge is 2.48. The first-order chi connectivity index (χ1) is 6.48. The molecule has 0 aliphatic carbocycles. The first-order valence-corrected chi connectivity index (χ1v) is 4.01. The van der Waals surface area contributed by atoms with Gasteiger partial charge in [-0.25, -0.2) is 4.79 Å². The maximum absolute atomic E-state index is 10.8. The van der Waals surface area contributed by atoms with Gasteiger partial charge in [0.2, 0.25) is 0 Å². The minimum atomic E-state index is -1.60. The number of aliphatic hydroxyl groups is 1. The summed E-state index contributed by atoms with van der Waals surface area (Å²) in [5, 5.41) is 9.44. The summed E-state index contributed by atoms with van der Waals surface area (Å²) >= 11 is 0. The summed E-state index contributed by atoms with van der Waals surface area (Å²) in [5.41, 5.74) is 8.30. The molecule has 1 fully saturated rings. The summed E-state index contributed by atoms with van der Waals surface area (Å²) in [7, 11) is 0. The van der Waals surface area contributed by atoms with E-state index in [9.17, 15) is 14.7 Å². The maximum atomic E-state index is 10.8. The Labute approximate surface area is 79.9 Å². The highest BCUT2D eigenvalue weighted by molar-refractivity contribution is 5.80. The number of primary amides is 2. The van der Waals surface area contributed by atoms with Gasteiger partial charge < -0.3 is 26.0 Å². The van der Waals surface area contributed by atoms with Gasteiger partial charge >= 0.3 is 6.09 Å². The molecule has 14 heavy (non-hydrogen) atoms. The lowest BCUT2D eigenvalue weighted by Gasteiger charge is -2.29. The molecule has 0 saturated carbocycles. The largest absolute Gasteiger partial charge is 0.437 e. The second-order valence-electron chi connectivity index (χ2n) is 3.09. The van der Waals surface area contributed by atoms with Crippen molar-refractivity contribution in [1.82, 2.24) is 0 Å². The molecule has 80 valence electrons. The normalized spacial score (nSPS) is 28.4. The Morgan fingerprint density at radius 2 is 2.14 bits per heavy atom. The third-order valence-corrected chi connectivity index (χ3v) is 2.09. The molecule has 0 aromatic rings. The van der Waals surface area contributed by atoms with Crippen LogP contribution in [0.4, 0.5) is 4.79 Å². The summed E-state index contributed by atoms with van der Waals surface area (Å²) in [4.78, 5) is 21.3. The van der Waals surface area contributed by atoms with E-state index < -0.39 is 23.7 Å². The van der Waals surface area contributed by atoms with Gasteiger partial charge in [-0.3, -0.25) is 4.79 Å². The summed E-state index contributed by atoms with van der Waals surface area (Å²) < 4.78 is 9.62. The van der Waals surface area contributed by atoms with Gasteiger partial charge in [0.05, 0.1) is 13.2 Å². The van der Waals surface area contributed by atoms with Crippen molar-refractivity contribution >= 4 is 12.0 Å². The quantitative estimate of drug-likeness (QED) is 0.494. The van der Waals surface area contributed by atoms with Crippen molar-refractivity contribution in [3.63, 3.8) is 0 Å². The standard InChI is InChI=1S/C7H12N2O5/c8-5(11)4(10)7(14-6(9)12)1-2-13-3-7/h4,10H,1-3H2,(H2,8,11)(H2,9,12). The summed E-state index contributed by atoms with van der Waals surface area (Å²) in [6.07, 6.45) is -2.48. The van der Waals surface area contributed by atoms with Gasteiger partial charge in [0.25, 0.3) is 5.91 Å². The van der Waals surface area contributed by atoms with Crippen molar-refractivity contribution in [1.29, 1.82) is 0 Å². The number of ether oxygens (including phenoxy) is 2. The number of amides is 2. The molecule has 2 atom stereocenters. The van der Waals surface area contributed by atoms with E-state index in [4.69, 9.17) is 16.2 Å².